The van der Waals surface area contributed by atoms with Crippen LogP contribution in [0.3, 0.4) is 0 Å². The molecule has 19 heavy (non-hydrogen) atoms. The van der Waals surface area contributed by atoms with Gasteiger partial charge in [0.1, 0.15) is 5.75 Å². The number of fused-ring (bicyclic) bond motifs is 1. The number of nitrogens with zero attached hydrogens (tertiary/aromatic N) is 1. The summed E-state index contributed by atoms with van der Waals surface area (Å²) >= 11 is 0. The van der Waals surface area contributed by atoms with Crippen molar-refractivity contribution in [1.29, 1.82) is 0 Å². The fourth-order valence-electron chi connectivity index (χ4n) is 2.99. The number of ether oxygens (including phenoxy) is 1. The number of hydrogen-bond acceptors (Lipinski definition) is 3. The molecular weight excluding hydrogens is 240 g/mol. The van der Waals surface area contributed by atoms with Crippen LogP contribution in [0.15, 0.2) is 18.2 Å². The molecule has 4 nitrogen and oxygen atoms in total. The summed E-state index contributed by atoms with van der Waals surface area (Å²) in [6.07, 6.45) is 0.908. The Morgan fingerprint density at radius 2 is 2.05 bits per heavy atom. The van der Waals surface area contributed by atoms with Gasteiger partial charge in [-0.3, -0.25) is 4.79 Å². The summed E-state index contributed by atoms with van der Waals surface area (Å²) in [6.45, 7) is 6.52. The van der Waals surface area contributed by atoms with Crippen LogP contribution in [0.2, 0.25) is 0 Å². The average Bonchev–Trinajstić information content (AvgIpc) is 2.83. The van der Waals surface area contributed by atoms with Crippen LogP contribution < -0.4 is 10.1 Å². The molecule has 0 bridgehead atoms. The average molecular weight is 260 g/mol. The minimum absolute atomic E-state index is 0.134. The van der Waals surface area contributed by atoms with E-state index in [4.69, 9.17) is 4.74 Å². The van der Waals surface area contributed by atoms with Crippen molar-refractivity contribution >= 4 is 5.91 Å². The third-order valence-electron chi connectivity index (χ3n) is 3.78. The molecule has 0 radical (unpaired) electrons. The highest BCUT2D eigenvalue weighted by atomic mass is 16.5. The summed E-state index contributed by atoms with van der Waals surface area (Å²) in [4.78, 5) is 14.5. The molecule has 4 heteroatoms. The second-order valence-corrected chi connectivity index (χ2v) is 5.60. The maximum Gasteiger partial charge on any atom is 0.253 e. The number of carbonyl (C=O) groups excluding carboxylic acids is 1. The van der Waals surface area contributed by atoms with Gasteiger partial charge in [-0.25, -0.2) is 0 Å². The second kappa shape index (κ2) is 4.85. The number of hydrogen-bond donors (Lipinski definition) is 1. The van der Waals surface area contributed by atoms with Gasteiger partial charge in [0.25, 0.3) is 5.91 Å². The van der Waals surface area contributed by atoms with E-state index in [2.05, 4.69) is 19.2 Å². The van der Waals surface area contributed by atoms with Crippen molar-refractivity contribution in [2.75, 3.05) is 19.7 Å². The second-order valence-electron chi connectivity index (χ2n) is 5.60. The lowest BCUT2D eigenvalue weighted by atomic mass is 10.1. The van der Waals surface area contributed by atoms with Crippen LogP contribution in [0.25, 0.3) is 0 Å². The molecule has 2 unspecified atom stereocenters. The van der Waals surface area contributed by atoms with E-state index >= 15 is 0 Å². The predicted molar refractivity (Wildman–Crippen MR) is 73.6 cm³/mol. The van der Waals surface area contributed by atoms with E-state index in [1.54, 1.807) is 0 Å². The van der Waals surface area contributed by atoms with Gasteiger partial charge in [0.2, 0.25) is 0 Å². The lowest BCUT2D eigenvalue weighted by Crippen LogP contribution is -2.55. The van der Waals surface area contributed by atoms with E-state index in [0.29, 0.717) is 12.1 Å². The molecule has 102 valence electrons. The topological polar surface area (TPSA) is 41.6 Å². The fraction of sp³-hybridized carbons (Fsp3) is 0.533. The van der Waals surface area contributed by atoms with Crippen LogP contribution in [0, 0.1) is 0 Å². The molecule has 1 aromatic carbocycles. The smallest absolute Gasteiger partial charge is 0.253 e. The molecule has 0 aliphatic carbocycles. The van der Waals surface area contributed by atoms with E-state index in [0.717, 1.165) is 43.0 Å². The Hall–Kier alpha value is -1.55. The molecule has 2 aliphatic rings. The quantitative estimate of drug-likeness (QED) is 0.831. The number of rotatable bonds is 1. The molecule has 1 N–H and O–H groups in total. The molecule has 2 aliphatic heterocycles. The highest BCUT2D eigenvalue weighted by molar-refractivity contribution is 5.94. The summed E-state index contributed by atoms with van der Waals surface area (Å²) in [6, 6.07) is 6.49. The first-order valence-electron chi connectivity index (χ1n) is 6.94. The van der Waals surface area contributed by atoms with Crippen molar-refractivity contribution in [3.63, 3.8) is 0 Å². The SMILES string of the molecule is CC1CN(C(=O)c2ccc3c(c2)CCO3)CC(C)N1. The molecule has 1 saturated heterocycles. The summed E-state index contributed by atoms with van der Waals surface area (Å²) in [5, 5.41) is 3.44. The lowest BCUT2D eigenvalue weighted by Gasteiger charge is -2.36. The Bertz CT molecular complexity index is 491. The van der Waals surface area contributed by atoms with Gasteiger partial charge in [-0.15, -0.1) is 0 Å². The van der Waals surface area contributed by atoms with Crippen molar-refractivity contribution in [2.45, 2.75) is 32.4 Å². The zero-order valence-corrected chi connectivity index (χ0v) is 11.5. The summed E-state index contributed by atoms with van der Waals surface area (Å²) in [7, 11) is 0. The summed E-state index contributed by atoms with van der Waals surface area (Å²) in [5.41, 5.74) is 1.94. The molecule has 2 atom stereocenters. The van der Waals surface area contributed by atoms with Crippen LogP contribution in [-0.2, 0) is 6.42 Å². The maximum absolute atomic E-state index is 12.5. The maximum atomic E-state index is 12.5. The number of amides is 1. The molecule has 0 spiro atoms. The molecule has 0 aromatic heterocycles. The largest absolute Gasteiger partial charge is 0.493 e. The monoisotopic (exact) mass is 260 g/mol. The highest BCUT2D eigenvalue weighted by Gasteiger charge is 2.26. The van der Waals surface area contributed by atoms with E-state index < -0.39 is 0 Å². The van der Waals surface area contributed by atoms with Crippen LogP contribution >= 0.6 is 0 Å². The Labute approximate surface area is 113 Å². The van der Waals surface area contributed by atoms with E-state index in [-0.39, 0.29) is 5.91 Å². The Balaban J connectivity index is 1.80. The number of benzene rings is 1. The standard InChI is InChI=1S/C15H20N2O2/c1-10-8-17(9-11(2)16-10)15(18)13-3-4-14-12(7-13)5-6-19-14/h3-4,7,10-11,16H,5-6,8-9H2,1-2H3. The summed E-state index contributed by atoms with van der Waals surface area (Å²) < 4.78 is 5.48. The van der Waals surface area contributed by atoms with Gasteiger partial charge in [-0.2, -0.15) is 0 Å². The van der Waals surface area contributed by atoms with Crippen LogP contribution in [0.4, 0.5) is 0 Å². The normalized spacial score (nSPS) is 25.9. The van der Waals surface area contributed by atoms with E-state index in [9.17, 15) is 4.79 Å². The Morgan fingerprint density at radius 3 is 2.79 bits per heavy atom. The van der Waals surface area contributed by atoms with Gasteiger partial charge < -0.3 is 15.0 Å². The molecule has 2 heterocycles. The third-order valence-corrected chi connectivity index (χ3v) is 3.78. The lowest BCUT2D eigenvalue weighted by molar-refractivity contribution is 0.0673. The zero-order chi connectivity index (χ0) is 13.4. The van der Waals surface area contributed by atoms with Gasteiger partial charge in [0, 0.05) is 37.2 Å². The van der Waals surface area contributed by atoms with Gasteiger partial charge >= 0.3 is 0 Å². The fourth-order valence-corrected chi connectivity index (χ4v) is 2.99. The van der Waals surface area contributed by atoms with Crippen molar-refractivity contribution in [3.05, 3.63) is 29.3 Å². The number of piperazine rings is 1. The van der Waals surface area contributed by atoms with Gasteiger partial charge in [0.05, 0.1) is 6.61 Å². The molecular formula is C15H20N2O2. The number of carbonyl (C=O) groups is 1. The van der Waals surface area contributed by atoms with Gasteiger partial charge in [-0.1, -0.05) is 0 Å². The minimum Gasteiger partial charge on any atom is -0.493 e. The first-order chi connectivity index (χ1) is 9.13. The Morgan fingerprint density at radius 1 is 1.32 bits per heavy atom. The van der Waals surface area contributed by atoms with E-state index in [1.807, 2.05) is 23.1 Å². The van der Waals surface area contributed by atoms with Crippen molar-refractivity contribution in [1.82, 2.24) is 10.2 Å². The molecule has 1 amide bonds. The summed E-state index contributed by atoms with van der Waals surface area (Å²) in [5.74, 6) is 1.06. The first-order valence-corrected chi connectivity index (χ1v) is 6.94. The van der Waals surface area contributed by atoms with Crippen molar-refractivity contribution in [3.8, 4) is 5.75 Å². The van der Waals surface area contributed by atoms with Crippen molar-refractivity contribution < 1.29 is 9.53 Å². The Kier molecular flexibility index (Phi) is 3.19. The molecule has 3 rings (SSSR count). The highest BCUT2D eigenvalue weighted by Crippen LogP contribution is 2.26. The molecule has 0 saturated carbocycles. The molecule has 1 aromatic rings. The van der Waals surface area contributed by atoms with Gasteiger partial charge in [-0.05, 0) is 37.6 Å². The van der Waals surface area contributed by atoms with Gasteiger partial charge in [0.15, 0.2) is 0 Å². The number of nitrogens with one attached hydrogen (secondary N) is 1. The minimum atomic E-state index is 0.134. The van der Waals surface area contributed by atoms with Crippen LogP contribution in [0.5, 0.6) is 5.75 Å². The van der Waals surface area contributed by atoms with Crippen LogP contribution in [0.1, 0.15) is 29.8 Å². The predicted octanol–water partition coefficient (Wildman–Crippen LogP) is 1.44. The third kappa shape index (κ3) is 2.45. The first kappa shape index (κ1) is 12.5. The zero-order valence-electron chi connectivity index (χ0n) is 11.5. The van der Waals surface area contributed by atoms with Crippen LogP contribution in [-0.4, -0.2) is 42.6 Å². The molecule has 1 fully saturated rings. The van der Waals surface area contributed by atoms with E-state index in [1.165, 1.54) is 0 Å². The van der Waals surface area contributed by atoms with Crippen molar-refractivity contribution in [2.24, 2.45) is 0 Å².